The number of amides is 1. The van der Waals surface area contributed by atoms with Crippen LogP contribution in [0.25, 0.3) is 10.2 Å². The van der Waals surface area contributed by atoms with Gasteiger partial charge in [0.2, 0.25) is 10.0 Å². The lowest BCUT2D eigenvalue weighted by molar-refractivity contribution is -0.143. The number of esters is 1. The van der Waals surface area contributed by atoms with E-state index in [2.05, 4.69) is 4.99 Å². The molecule has 0 saturated heterocycles. The van der Waals surface area contributed by atoms with Crippen molar-refractivity contribution < 1.29 is 27.5 Å². The second-order valence-electron chi connectivity index (χ2n) is 6.07. The fourth-order valence-electron chi connectivity index (χ4n) is 2.77. The molecule has 0 bridgehead atoms. The van der Waals surface area contributed by atoms with Crippen molar-refractivity contribution in [3.63, 3.8) is 0 Å². The number of nitrogens with zero attached hydrogens (tertiary/aromatic N) is 2. The molecule has 0 unspecified atom stereocenters. The van der Waals surface area contributed by atoms with Gasteiger partial charge in [-0.1, -0.05) is 23.5 Å². The highest BCUT2D eigenvalue weighted by molar-refractivity contribution is 7.89. The zero-order valence-corrected chi connectivity index (χ0v) is 17.8. The van der Waals surface area contributed by atoms with E-state index in [1.54, 1.807) is 31.2 Å². The molecule has 3 rings (SSSR count). The molecule has 158 valence electrons. The molecule has 30 heavy (non-hydrogen) atoms. The number of nitrogens with two attached hydrogens (primary N) is 1. The number of hydrogen-bond donors (Lipinski definition) is 1. The number of hydrogen-bond acceptors (Lipinski definition) is 7. The van der Waals surface area contributed by atoms with Crippen LogP contribution in [0, 0.1) is 0 Å². The van der Waals surface area contributed by atoms with Crippen LogP contribution in [0.15, 0.2) is 52.4 Å². The van der Waals surface area contributed by atoms with E-state index in [4.69, 9.17) is 14.6 Å². The van der Waals surface area contributed by atoms with Gasteiger partial charge in [-0.2, -0.15) is 4.99 Å². The molecule has 1 amide bonds. The first kappa shape index (κ1) is 21.7. The van der Waals surface area contributed by atoms with Gasteiger partial charge in [-0.3, -0.25) is 9.59 Å². The van der Waals surface area contributed by atoms with Crippen LogP contribution in [-0.4, -0.2) is 38.6 Å². The van der Waals surface area contributed by atoms with Crippen molar-refractivity contribution in [2.75, 3.05) is 13.7 Å². The molecular formula is C19H19N3O6S2. The summed E-state index contributed by atoms with van der Waals surface area (Å²) in [5.74, 6) is -0.719. The number of aromatic nitrogens is 1. The summed E-state index contributed by atoms with van der Waals surface area (Å²) in [6.07, 6.45) is 0. The maximum absolute atomic E-state index is 12.8. The molecule has 0 aliphatic carbocycles. The van der Waals surface area contributed by atoms with E-state index < -0.39 is 21.9 Å². The zero-order valence-electron chi connectivity index (χ0n) is 16.2. The van der Waals surface area contributed by atoms with E-state index >= 15 is 0 Å². The van der Waals surface area contributed by atoms with Crippen molar-refractivity contribution >= 4 is 43.5 Å². The number of fused-ring (bicyclic) bond motifs is 1. The van der Waals surface area contributed by atoms with Crippen molar-refractivity contribution in [2.45, 2.75) is 18.4 Å². The first-order valence-electron chi connectivity index (χ1n) is 8.78. The third-order valence-corrected chi connectivity index (χ3v) is 6.06. The predicted octanol–water partition coefficient (Wildman–Crippen LogP) is 1.66. The molecule has 11 heteroatoms. The number of carbonyl (C=O) groups is 2. The van der Waals surface area contributed by atoms with Crippen LogP contribution in [0.5, 0.6) is 5.75 Å². The molecule has 0 aliphatic heterocycles. The van der Waals surface area contributed by atoms with Gasteiger partial charge in [-0.15, -0.1) is 0 Å². The number of carbonyl (C=O) groups excluding carboxylic acids is 2. The van der Waals surface area contributed by atoms with Gasteiger partial charge in [0.1, 0.15) is 12.3 Å². The first-order chi connectivity index (χ1) is 14.2. The lowest BCUT2D eigenvalue weighted by Crippen LogP contribution is -2.23. The van der Waals surface area contributed by atoms with Crippen LogP contribution in [0.2, 0.25) is 0 Å². The fourth-order valence-corrected chi connectivity index (χ4v) is 4.45. The minimum Gasteiger partial charge on any atom is -0.496 e. The SMILES string of the molecule is CCOC(=O)Cn1c(=NC(=O)c2ccccc2OC)sc2cc(S(N)(=O)=O)ccc21. The smallest absolute Gasteiger partial charge is 0.326 e. The molecule has 2 N–H and O–H groups in total. The second kappa shape index (κ2) is 8.78. The van der Waals surface area contributed by atoms with Gasteiger partial charge in [-0.05, 0) is 37.3 Å². The summed E-state index contributed by atoms with van der Waals surface area (Å²) in [6.45, 7) is 1.69. The quantitative estimate of drug-likeness (QED) is 0.570. The monoisotopic (exact) mass is 449 g/mol. The number of para-hydroxylation sites is 1. The molecule has 0 spiro atoms. The Hall–Kier alpha value is -3.02. The number of benzene rings is 2. The van der Waals surface area contributed by atoms with Crippen molar-refractivity contribution in [1.29, 1.82) is 0 Å². The number of primary sulfonamides is 1. The largest absolute Gasteiger partial charge is 0.496 e. The fraction of sp³-hybridized carbons (Fsp3) is 0.211. The highest BCUT2D eigenvalue weighted by Gasteiger charge is 2.17. The summed E-state index contributed by atoms with van der Waals surface area (Å²) in [5.41, 5.74) is 0.775. The molecule has 1 heterocycles. The molecule has 1 aromatic heterocycles. The molecule has 0 radical (unpaired) electrons. The number of thiazole rings is 1. The Labute approximate surface area is 176 Å². The molecule has 0 atom stereocenters. The Kier molecular flexibility index (Phi) is 6.34. The van der Waals surface area contributed by atoms with E-state index in [9.17, 15) is 18.0 Å². The molecule has 0 saturated carbocycles. The Morgan fingerprint density at radius 1 is 1.20 bits per heavy atom. The molecular weight excluding hydrogens is 430 g/mol. The minimum atomic E-state index is -3.91. The maximum Gasteiger partial charge on any atom is 0.326 e. The summed E-state index contributed by atoms with van der Waals surface area (Å²) in [4.78, 5) is 29.1. The highest BCUT2D eigenvalue weighted by atomic mass is 32.2. The Balaban J connectivity index is 2.19. The topological polar surface area (TPSA) is 130 Å². The number of ether oxygens (including phenoxy) is 2. The molecule has 0 fully saturated rings. The van der Waals surface area contributed by atoms with Crippen LogP contribution in [0.1, 0.15) is 17.3 Å². The van der Waals surface area contributed by atoms with Crippen molar-refractivity contribution in [1.82, 2.24) is 4.57 Å². The summed E-state index contributed by atoms with van der Waals surface area (Å²) in [5, 5.41) is 5.21. The standard InChI is InChI=1S/C19H19N3O6S2/c1-3-28-17(23)11-22-14-9-8-12(30(20,25)26)10-16(14)29-19(22)21-18(24)13-6-4-5-7-15(13)27-2/h4-10H,3,11H2,1-2H3,(H2,20,25,26). The van der Waals surface area contributed by atoms with E-state index in [1.807, 2.05) is 0 Å². The average molecular weight is 450 g/mol. The van der Waals surface area contributed by atoms with Gasteiger partial charge in [-0.25, -0.2) is 13.6 Å². The van der Waals surface area contributed by atoms with Crippen LogP contribution in [0.4, 0.5) is 0 Å². The van der Waals surface area contributed by atoms with Gasteiger partial charge in [0, 0.05) is 0 Å². The van der Waals surface area contributed by atoms with Gasteiger partial charge >= 0.3 is 5.97 Å². The van der Waals surface area contributed by atoms with E-state index in [0.717, 1.165) is 11.3 Å². The summed E-state index contributed by atoms with van der Waals surface area (Å²) >= 11 is 1.06. The highest BCUT2D eigenvalue weighted by Crippen LogP contribution is 2.22. The van der Waals surface area contributed by atoms with Crippen molar-refractivity contribution in [3.05, 3.63) is 52.8 Å². The summed E-state index contributed by atoms with van der Waals surface area (Å²) in [6, 6.07) is 10.8. The lowest BCUT2D eigenvalue weighted by Gasteiger charge is -2.06. The molecule has 0 aliphatic rings. The molecule has 9 nitrogen and oxygen atoms in total. The summed E-state index contributed by atoms with van der Waals surface area (Å²) in [7, 11) is -2.47. The second-order valence-corrected chi connectivity index (χ2v) is 8.64. The van der Waals surface area contributed by atoms with E-state index in [-0.39, 0.29) is 28.4 Å². The van der Waals surface area contributed by atoms with E-state index in [0.29, 0.717) is 16.0 Å². The van der Waals surface area contributed by atoms with Gasteiger partial charge < -0.3 is 14.0 Å². The Morgan fingerprint density at radius 3 is 2.60 bits per heavy atom. The average Bonchev–Trinajstić information content (AvgIpc) is 3.03. The zero-order chi connectivity index (χ0) is 21.9. The minimum absolute atomic E-state index is 0.0814. The van der Waals surface area contributed by atoms with Gasteiger partial charge in [0.25, 0.3) is 5.91 Å². The van der Waals surface area contributed by atoms with Crippen LogP contribution >= 0.6 is 11.3 Å². The first-order valence-corrected chi connectivity index (χ1v) is 11.1. The van der Waals surface area contributed by atoms with Gasteiger partial charge in [0.05, 0.1) is 34.4 Å². The number of sulfonamides is 1. The Bertz CT molecular complexity index is 1290. The third kappa shape index (κ3) is 4.58. The maximum atomic E-state index is 12.8. The van der Waals surface area contributed by atoms with E-state index in [1.165, 1.54) is 29.9 Å². The normalized spacial score (nSPS) is 12.2. The number of methoxy groups -OCH3 is 1. The molecule has 2 aromatic carbocycles. The third-order valence-electron chi connectivity index (χ3n) is 4.11. The Morgan fingerprint density at radius 2 is 1.93 bits per heavy atom. The summed E-state index contributed by atoms with van der Waals surface area (Å²) < 4.78 is 35.6. The van der Waals surface area contributed by atoms with Crippen molar-refractivity contribution in [2.24, 2.45) is 10.1 Å². The van der Waals surface area contributed by atoms with Crippen LogP contribution < -0.4 is 14.7 Å². The number of rotatable bonds is 6. The van der Waals surface area contributed by atoms with Crippen LogP contribution in [-0.2, 0) is 26.1 Å². The predicted molar refractivity (Wildman–Crippen MR) is 111 cm³/mol. The van der Waals surface area contributed by atoms with Crippen molar-refractivity contribution in [3.8, 4) is 5.75 Å². The van der Waals surface area contributed by atoms with Crippen LogP contribution in [0.3, 0.4) is 0 Å². The van der Waals surface area contributed by atoms with Gasteiger partial charge in [0.15, 0.2) is 4.80 Å². The molecule has 3 aromatic rings. The lowest BCUT2D eigenvalue weighted by atomic mass is 10.2.